The number of para-hydroxylation sites is 1. The summed E-state index contributed by atoms with van der Waals surface area (Å²) in [7, 11) is 0. The first-order chi connectivity index (χ1) is 8.22. The van der Waals surface area contributed by atoms with Crippen LogP contribution in [0.1, 0.15) is 11.1 Å². The lowest BCUT2D eigenvalue weighted by atomic mass is 10.1. The van der Waals surface area contributed by atoms with Gasteiger partial charge in [-0.25, -0.2) is 0 Å². The Labute approximate surface area is 103 Å². The summed E-state index contributed by atoms with van der Waals surface area (Å²) in [6.07, 6.45) is 1.85. The van der Waals surface area contributed by atoms with E-state index in [4.69, 9.17) is 0 Å². The second kappa shape index (κ2) is 4.88. The Morgan fingerprint density at radius 2 is 1.59 bits per heavy atom. The highest BCUT2D eigenvalue weighted by Crippen LogP contribution is 2.28. The maximum Gasteiger partial charge on any atom is 0.0484 e. The fourth-order valence-electron chi connectivity index (χ4n) is 1.88. The average Bonchev–Trinajstić information content (AvgIpc) is 2.35. The highest BCUT2D eigenvalue weighted by Gasteiger charge is 2.07. The molecular formula is C16H17N. The molecule has 0 amide bonds. The Morgan fingerprint density at radius 1 is 0.941 bits per heavy atom. The molecule has 0 saturated carbocycles. The molecule has 0 atom stereocenters. The third kappa shape index (κ3) is 2.39. The van der Waals surface area contributed by atoms with E-state index in [0.29, 0.717) is 0 Å². The van der Waals surface area contributed by atoms with Gasteiger partial charge in [-0.15, -0.1) is 0 Å². The summed E-state index contributed by atoms with van der Waals surface area (Å²) in [4.78, 5) is 2.11. The normalized spacial score (nSPS) is 10.0. The molecule has 0 saturated heterocycles. The van der Waals surface area contributed by atoms with E-state index in [1.54, 1.807) is 0 Å². The van der Waals surface area contributed by atoms with Crippen LogP contribution in [0, 0.1) is 13.8 Å². The number of rotatable bonds is 3. The van der Waals surface area contributed by atoms with E-state index in [2.05, 4.69) is 67.8 Å². The van der Waals surface area contributed by atoms with Crippen molar-refractivity contribution in [2.45, 2.75) is 13.8 Å². The zero-order valence-electron chi connectivity index (χ0n) is 10.4. The zero-order valence-corrected chi connectivity index (χ0v) is 10.4. The standard InChI is InChI=1S/C16H17N/c1-4-17(15-11-9-13(2)10-12-15)16-8-6-5-7-14(16)3/h4-12H,1H2,2-3H3. The molecule has 0 aromatic heterocycles. The van der Waals surface area contributed by atoms with Crippen molar-refractivity contribution in [3.63, 3.8) is 0 Å². The molecule has 0 spiro atoms. The quantitative estimate of drug-likeness (QED) is 0.736. The Balaban J connectivity index is 2.44. The Bertz CT molecular complexity index is 511. The van der Waals surface area contributed by atoms with E-state index in [1.165, 1.54) is 16.8 Å². The van der Waals surface area contributed by atoms with Crippen molar-refractivity contribution in [3.8, 4) is 0 Å². The number of hydrogen-bond donors (Lipinski definition) is 0. The third-order valence-corrected chi connectivity index (χ3v) is 2.87. The van der Waals surface area contributed by atoms with Crippen LogP contribution in [-0.2, 0) is 0 Å². The van der Waals surface area contributed by atoms with E-state index < -0.39 is 0 Å². The number of benzene rings is 2. The van der Waals surface area contributed by atoms with Gasteiger partial charge in [-0.2, -0.15) is 0 Å². The van der Waals surface area contributed by atoms with Crippen molar-refractivity contribution in [1.29, 1.82) is 0 Å². The van der Waals surface area contributed by atoms with Gasteiger partial charge < -0.3 is 4.90 Å². The lowest BCUT2D eigenvalue weighted by molar-refractivity contribution is 1.25. The van der Waals surface area contributed by atoms with Crippen molar-refractivity contribution in [1.82, 2.24) is 0 Å². The van der Waals surface area contributed by atoms with E-state index in [-0.39, 0.29) is 0 Å². The molecule has 0 fully saturated rings. The summed E-state index contributed by atoms with van der Waals surface area (Å²) < 4.78 is 0. The van der Waals surface area contributed by atoms with Gasteiger partial charge in [0.15, 0.2) is 0 Å². The zero-order chi connectivity index (χ0) is 12.3. The molecule has 0 N–H and O–H groups in total. The molecule has 0 aliphatic heterocycles. The van der Waals surface area contributed by atoms with Crippen molar-refractivity contribution in [3.05, 3.63) is 72.4 Å². The molecule has 2 aromatic rings. The molecular weight excluding hydrogens is 206 g/mol. The molecule has 86 valence electrons. The van der Waals surface area contributed by atoms with E-state index in [0.717, 1.165) is 5.69 Å². The van der Waals surface area contributed by atoms with Crippen LogP contribution < -0.4 is 4.90 Å². The van der Waals surface area contributed by atoms with Crippen molar-refractivity contribution in [2.75, 3.05) is 4.90 Å². The van der Waals surface area contributed by atoms with Crippen LogP contribution in [-0.4, -0.2) is 0 Å². The van der Waals surface area contributed by atoms with Crippen LogP contribution in [0.3, 0.4) is 0 Å². The number of hydrogen-bond acceptors (Lipinski definition) is 1. The highest BCUT2D eigenvalue weighted by atomic mass is 15.1. The van der Waals surface area contributed by atoms with E-state index >= 15 is 0 Å². The predicted molar refractivity (Wildman–Crippen MR) is 74.7 cm³/mol. The van der Waals surface area contributed by atoms with Crippen LogP contribution in [0.2, 0.25) is 0 Å². The molecule has 1 nitrogen and oxygen atoms in total. The highest BCUT2D eigenvalue weighted by molar-refractivity contribution is 5.68. The lowest BCUT2D eigenvalue weighted by Gasteiger charge is -2.22. The van der Waals surface area contributed by atoms with E-state index in [1.807, 2.05) is 12.3 Å². The molecule has 17 heavy (non-hydrogen) atoms. The van der Waals surface area contributed by atoms with Crippen LogP contribution in [0.25, 0.3) is 0 Å². The lowest BCUT2D eigenvalue weighted by Crippen LogP contribution is -2.08. The summed E-state index contributed by atoms with van der Waals surface area (Å²) in [6, 6.07) is 16.8. The predicted octanol–water partition coefficient (Wildman–Crippen LogP) is 4.59. The van der Waals surface area contributed by atoms with E-state index in [9.17, 15) is 0 Å². The topological polar surface area (TPSA) is 3.24 Å². The molecule has 0 heterocycles. The molecule has 0 aliphatic rings. The maximum atomic E-state index is 3.90. The second-order valence-electron chi connectivity index (χ2n) is 4.17. The second-order valence-corrected chi connectivity index (χ2v) is 4.17. The van der Waals surface area contributed by atoms with Gasteiger partial charge in [0.05, 0.1) is 0 Å². The minimum absolute atomic E-state index is 1.14. The first-order valence-corrected chi connectivity index (χ1v) is 5.76. The van der Waals surface area contributed by atoms with Crippen LogP contribution in [0.15, 0.2) is 61.3 Å². The molecule has 2 aromatic carbocycles. The minimum atomic E-state index is 1.14. The van der Waals surface area contributed by atoms with Gasteiger partial charge in [-0.3, -0.25) is 0 Å². The molecule has 0 unspecified atom stereocenters. The fourth-order valence-corrected chi connectivity index (χ4v) is 1.88. The summed E-state index contributed by atoms with van der Waals surface area (Å²) in [6.45, 7) is 8.11. The van der Waals surface area contributed by atoms with Crippen molar-refractivity contribution in [2.24, 2.45) is 0 Å². The SMILES string of the molecule is C=CN(c1ccc(C)cc1)c1ccccc1C. The Morgan fingerprint density at radius 3 is 2.18 bits per heavy atom. The largest absolute Gasteiger partial charge is 0.318 e. The Kier molecular flexibility index (Phi) is 3.29. The van der Waals surface area contributed by atoms with Gasteiger partial charge in [-0.05, 0) is 37.6 Å². The molecule has 0 radical (unpaired) electrons. The van der Waals surface area contributed by atoms with Gasteiger partial charge in [0.2, 0.25) is 0 Å². The van der Waals surface area contributed by atoms with Gasteiger partial charge in [0.25, 0.3) is 0 Å². The first kappa shape index (κ1) is 11.5. The number of aryl methyl sites for hydroxylation is 2. The van der Waals surface area contributed by atoms with Gasteiger partial charge >= 0.3 is 0 Å². The van der Waals surface area contributed by atoms with Crippen LogP contribution >= 0.6 is 0 Å². The first-order valence-electron chi connectivity index (χ1n) is 5.76. The maximum absolute atomic E-state index is 3.90. The molecule has 1 heteroatoms. The average molecular weight is 223 g/mol. The van der Waals surface area contributed by atoms with Crippen molar-refractivity contribution >= 4 is 11.4 Å². The monoisotopic (exact) mass is 223 g/mol. The van der Waals surface area contributed by atoms with Crippen LogP contribution in [0.4, 0.5) is 11.4 Å². The molecule has 2 rings (SSSR count). The van der Waals surface area contributed by atoms with Gasteiger partial charge in [0.1, 0.15) is 0 Å². The summed E-state index contributed by atoms with van der Waals surface area (Å²) >= 11 is 0. The smallest absolute Gasteiger partial charge is 0.0484 e. The number of nitrogens with zero attached hydrogens (tertiary/aromatic N) is 1. The van der Waals surface area contributed by atoms with Gasteiger partial charge in [0, 0.05) is 17.6 Å². The van der Waals surface area contributed by atoms with Crippen LogP contribution in [0.5, 0.6) is 0 Å². The number of anilines is 2. The molecule has 0 bridgehead atoms. The minimum Gasteiger partial charge on any atom is -0.318 e. The van der Waals surface area contributed by atoms with Gasteiger partial charge in [-0.1, -0.05) is 42.5 Å². The summed E-state index contributed by atoms with van der Waals surface area (Å²) in [5.74, 6) is 0. The Hall–Kier alpha value is -2.02. The fraction of sp³-hybridized carbons (Fsp3) is 0.125. The van der Waals surface area contributed by atoms with Crippen molar-refractivity contribution < 1.29 is 0 Å². The summed E-state index contributed by atoms with van der Waals surface area (Å²) in [5, 5.41) is 0. The summed E-state index contributed by atoms with van der Waals surface area (Å²) in [5.41, 5.74) is 4.82. The third-order valence-electron chi connectivity index (χ3n) is 2.87. The molecule has 0 aliphatic carbocycles.